The first-order chi connectivity index (χ1) is 10.00. The maximum Gasteiger partial charge on any atom is 0.244 e. The van der Waals surface area contributed by atoms with Crippen molar-refractivity contribution in [3.8, 4) is 0 Å². The summed E-state index contributed by atoms with van der Waals surface area (Å²) in [5.74, 6) is 0.498. The van der Waals surface area contributed by atoms with E-state index in [0.29, 0.717) is 12.5 Å². The third-order valence-electron chi connectivity index (χ3n) is 4.57. The Labute approximate surface area is 135 Å². The maximum absolute atomic E-state index is 12.9. The Morgan fingerprint density at radius 3 is 2.62 bits per heavy atom. The van der Waals surface area contributed by atoms with Gasteiger partial charge in [0.2, 0.25) is 10.0 Å². The minimum Gasteiger partial charge on any atom is -0.242 e. The zero-order valence-electron chi connectivity index (χ0n) is 11.6. The summed E-state index contributed by atoms with van der Waals surface area (Å²) in [5, 5.41) is 0.305. The van der Waals surface area contributed by atoms with Crippen molar-refractivity contribution in [2.24, 2.45) is 5.92 Å². The molecule has 0 bridgehead atoms. The number of aromatic nitrogens is 1. The van der Waals surface area contributed by atoms with Crippen LogP contribution in [0.4, 0.5) is 0 Å². The predicted molar refractivity (Wildman–Crippen MR) is 83.1 cm³/mol. The molecule has 4 nitrogen and oxygen atoms in total. The van der Waals surface area contributed by atoms with Crippen LogP contribution in [0.5, 0.6) is 0 Å². The molecular weight excluding hydrogens is 331 g/mol. The second kappa shape index (κ2) is 6.03. The molecule has 0 aromatic carbocycles. The molecule has 2 fully saturated rings. The highest BCUT2D eigenvalue weighted by Crippen LogP contribution is 2.38. The molecule has 0 amide bonds. The Morgan fingerprint density at radius 2 is 1.86 bits per heavy atom. The molecule has 2 heterocycles. The van der Waals surface area contributed by atoms with Crippen LogP contribution in [-0.4, -0.2) is 30.3 Å². The van der Waals surface area contributed by atoms with Gasteiger partial charge in [0.15, 0.2) is 0 Å². The largest absolute Gasteiger partial charge is 0.244 e. The number of fused-ring (bicyclic) bond motifs is 1. The van der Waals surface area contributed by atoms with Gasteiger partial charge in [-0.05, 0) is 37.7 Å². The van der Waals surface area contributed by atoms with Gasteiger partial charge in [-0.25, -0.2) is 13.4 Å². The number of sulfonamides is 1. The molecule has 21 heavy (non-hydrogen) atoms. The van der Waals surface area contributed by atoms with E-state index in [1.165, 1.54) is 18.7 Å². The molecule has 0 spiro atoms. The second-order valence-corrected chi connectivity index (χ2v) is 8.47. The number of halogens is 2. The number of nitrogens with zero attached hydrogens (tertiary/aromatic N) is 2. The van der Waals surface area contributed by atoms with E-state index in [0.717, 1.165) is 32.1 Å². The lowest BCUT2D eigenvalue weighted by atomic mass is 9.79. The fourth-order valence-corrected chi connectivity index (χ4v) is 5.62. The monoisotopic (exact) mass is 348 g/mol. The average Bonchev–Trinajstić information content (AvgIpc) is 2.49. The van der Waals surface area contributed by atoms with E-state index < -0.39 is 10.0 Å². The van der Waals surface area contributed by atoms with E-state index in [4.69, 9.17) is 23.2 Å². The summed E-state index contributed by atoms with van der Waals surface area (Å²) in [6.45, 7) is 0.587. The van der Waals surface area contributed by atoms with Gasteiger partial charge >= 0.3 is 0 Å². The molecule has 7 heteroatoms. The smallest absolute Gasteiger partial charge is 0.242 e. The molecule has 116 valence electrons. The SMILES string of the molecule is O=S(=O)(c1cnc(Cl)c(Cl)c1)N1CCC[C@H]2CCCC[C@H]21. The minimum absolute atomic E-state index is 0.129. The summed E-state index contributed by atoms with van der Waals surface area (Å²) in [6, 6.07) is 1.53. The number of pyridine rings is 1. The molecule has 1 aromatic heterocycles. The van der Waals surface area contributed by atoms with Crippen LogP contribution in [-0.2, 0) is 10.0 Å². The molecule has 1 aliphatic carbocycles. The lowest BCUT2D eigenvalue weighted by Crippen LogP contribution is -2.49. The Kier molecular flexibility index (Phi) is 4.46. The molecule has 0 unspecified atom stereocenters. The highest BCUT2D eigenvalue weighted by molar-refractivity contribution is 7.89. The summed E-state index contributed by atoms with van der Waals surface area (Å²) >= 11 is 11.7. The molecular formula is C14H18Cl2N2O2S. The van der Waals surface area contributed by atoms with Gasteiger partial charge in [0.25, 0.3) is 0 Å². The van der Waals surface area contributed by atoms with E-state index in [2.05, 4.69) is 4.98 Å². The van der Waals surface area contributed by atoms with E-state index in [1.54, 1.807) is 4.31 Å². The van der Waals surface area contributed by atoms with Gasteiger partial charge in [0.05, 0.1) is 5.02 Å². The number of hydrogen-bond donors (Lipinski definition) is 0. The van der Waals surface area contributed by atoms with Gasteiger partial charge in [-0.1, -0.05) is 36.0 Å². The van der Waals surface area contributed by atoms with Crippen LogP contribution in [0.15, 0.2) is 17.2 Å². The molecule has 0 N–H and O–H groups in total. The molecule has 0 radical (unpaired) electrons. The molecule has 3 rings (SSSR count). The number of piperidine rings is 1. The number of hydrogen-bond acceptors (Lipinski definition) is 3. The van der Waals surface area contributed by atoms with E-state index in [9.17, 15) is 8.42 Å². The first-order valence-corrected chi connectivity index (χ1v) is 9.52. The summed E-state index contributed by atoms with van der Waals surface area (Å²) in [4.78, 5) is 4.01. The Bertz CT molecular complexity index is 634. The first kappa shape index (κ1) is 15.5. The molecule has 2 atom stereocenters. The van der Waals surface area contributed by atoms with Crippen molar-refractivity contribution in [3.63, 3.8) is 0 Å². The van der Waals surface area contributed by atoms with Gasteiger partial charge in [-0.3, -0.25) is 0 Å². The standard InChI is InChI=1S/C14H18Cl2N2O2S/c15-12-8-11(9-17-14(12)16)21(19,20)18-7-3-5-10-4-1-2-6-13(10)18/h8-10,13H,1-7H2/t10-,13-/m1/s1. The van der Waals surface area contributed by atoms with Gasteiger partial charge in [-0.2, -0.15) is 4.31 Å². The number of rotatable bonds is 2. The lowest BCUT2D eigenvalue weighted by molar-refractivity contribution is 0.129. The van der Waals surface area contributed by atoms with Gasteiger partial charge in [-0.15, -0.1) is 0 Å². The van der Waals surface area contributed by atoms with Crippen LogP contribution < -0.4 is 0 Å². The van der Waals surface area contributed by atoms with E-state index in [1.807, 2.05) is 0 Å². The highest BCUT2D eigenvalue weighted by Gasteiger charge is 2.40. The van der Waals surface area contributed by atoms with E-state index in [-0.39, 0.29) is 21.1 Å². The second-order valence-electron chi connectivity index (χ2n) is 5.81. The van der Waals surface area contributed by atoms with Crippen LogP contribution in [0.1, 0.15) is 38.5 Å². The van der Waals surface area contributed by atoms with Crippen LogP contribution >= 0.6 is 23.2 Å². The van der Waals surface area contributed by atoms with Crippen LogP contribution in [0, 0.1) is 5.92 Å². The first-order valence-electron chi connectivity index (χ1n) is 7.33. The predicted octanol–water partition coefficient (Wildman–Crippen LogP) is 3.73. The third-order valence-corrected chi connectivity index (χ3v) is 7.15. The summed E-state index contributed by atoms with van der Waals surface area (Å²) < 4.78 is 27.4. The molecule has 1 aliphatic heterocycles. The molecule has 1 saturated heterocycles. The quantitative estimate of drug-likeness (QED) is 0.765. The maximum atomic E-state index is 12.9. The Balaban J connectivity index is 1.94. The minimum atomic E-state index is -3.54. The van der Waals surface area contributed by atoms with Crippen molar-refractivity contribution in [2.75, 3.05) is 6.54 Å². The molecule has 2 aliphatic rings. The summed E-state index contributed by atoms with van der Waals surface area (Å²) in [7, 11) is -3.54. The normalized spacial score (nSPS) is 27.3. The van der Waals surface area contributed by atoms with Gasteiger partial charge in [0, 0.05) is 18.8 Å². The summed E-state index contributed by atoms with van der Waals surface area (Å²) in [6.07, 6.45) is 7.77. The summed E-state index contributed by atoms with van der Waals surface area (Å²) in [5.41, 5.74) is 0. The Morgan fingerprint density at radius 1 is 1.14 bits per heavy atom. The van der Waals surface area contributed by atoms with E-state index >= 15 is 0 Å². The Hall–Kier alpha value is -0.360. The topological polar surface area (TPSA) is 50.3 Å². The van der Waals surface area contributed by atoms with Gasteiger partial charge in [0.1, 0.15) is 10.0 Å². The molecule has 1 aromatic rings. The van der Waals surface area contributed by atoms with Crippen molar-refractivity contribution in [3.05, 3.63) is 22.4 Å². The zero-order valence-corrected chi connectivity index (χ0v) is 14.0. The fraction of sp³-hybridized carbons (Fsp3) is 0.643. The zero-order chi connectivity index (χ0) is 15.0. The van der Waals surface area contributed by atoms with Crippen molar-refractivity contribution in [2.45, 2.75) is 49.5 Å². The van der Waals surface area contributed by atoms with Crippen molar-refractivity contribution in [1.82, 2.24) is 9.29 Å². The fourth-order valence-electron chi connectivity index (χ4n) is 3.56. The highest BCUT2D eigenvalue weighted by atomic mass is 35.5. The van der Waals surface area contributed by atoms with Crippen molar-refractivity contribution < 1.29 is 8.42 Å². The van der Waals surface area contributed by atoms with Gasteiger partial charge < -0.3 is 0 Å². The van der Waals surface area contributed by atoms with Crippen LogP contribution in [0.2, 0.25) is 10.2 Å². The van der Waals surface area contributed by atoms with Crippen LogP contribution in [0.3, 0.4) is 0 Å². The average molecular weight is 349 g/mol. The van der Waals surface area contributed by atoms with Crippen molar-refractivity contribution in [1.29, 1.82) is 0 Å². The lowest BCUT2D eigenvalue weighted by Gasteiger charge is -2.43. The van der Waals surface area contributed by atoms with Crippen molar-refractivity contribution >= 4 is 33.2 Å². The third kappa shape index (κ3) is 2.93. The van der Waals surface area contributed by atoms with Crippen LogP contribution in [0.25, 0.3) is 0 Å². The molecule has 1 saturated carbocycles.